The van der Waals surface area contributed by atoms with Crippen LogP contribution < -0.4 is 4.57 Å². The van der Waals surface area contributed by atoms with Crippen LogP contribution in [0.3, 0.4) is 0 Å². The number of phenols is 2. The van der Waals surface area contributed by atoms with Crippen LogP contribution in [0.15, 0.2) is 60.9 Å². The van der Waals surface area contributed by atoms with Crippen molar-refractivity contribution in [1.82, 2.24) is 0 Å². The lowest BCUT2D eigenvalue weighted by atomic mass is 10.1. The van der Waals surface area contributed by atoms with Gasteiger partial charge >= 0.3 is 0 Å². The second-order valence-electron chi connectivity index (χ2n) is 4.09. The van der Waals surface area contributed by atoms with Crippen LogP contribution >= 0.6 is 0 Å². The van der Waals surface area contributed by atoms with Crippen LogP contribution in [0.2, 0.25) is 0 Å². The number of pyridine rings is 1. The van der Waals surface area contributed by atoms with E-state index in [0.717, 1.165) is 0 Å². The minimum Gasteiger partial charge on any atom is -0.507 e. The highest BCUT2D eigenvalue weighted by atomic mass is 16.3. The van der Waals surface area contributed by atoms with Crippen LogP contribution in [0.1, 0.15) is 0 Å². The van der Waals surface area contributed by atoms with Crippen molar-refractivity contribution in [2.75, 3.05) is 0 Å². The Balaban J connectivity index is 2.35. The summed E-state index contributed by atoms with van der Waals surface area (Å²) in [6.07, 6.45) is 3.65. The molecule has 0 bridgehead atoms. The van der Waals surface area contributed by atoms with Crippen LogP contribution in [0.4, 0.5) is 0 Å². The van der Waals surface area contributed by atoms with Gasteiger partial charge in [0.1, 0.15) is 5.75 Å². The molecule has 0 radical (unpaired) electrons. The molecule has 0 aliphatic rings. The molecule has 2 aromatic carbocycles. The second kappa shape index (κ2) is 4.04. The van der Waals surface area contributed by atoms with Gasteiger partial charge in [0, 0.05) is 22.9 Å². The number of phenolic OH excluding ortho intramolecular Hbond substituents is 2. The minimum atomic E-state index is 0.162. The number of hydrogen-bond acceptors (Lipinski definition) is 2. The Morgan fingerprint density at radius 1 is 0.778 bits per heavy atom. The predicted molar refractivity (Wildman–Crippen MR) is 68.8 cm³/mol. The first-order valence-electron chi connectivity index (χ1n) is 5.68. The van der Waals surface area contributed by atoms with Crippen LogP contribution in [0.25, 0.3) is 16.5 Å². The average Bonchev–Trinajstić information content (AvgIpc) is 2.44. The van der Waals surface area contributed by atoms with Gasteiger partial charge < -0.3 is 10.2 Å². The Morgan fingerprint density at radius 3 is 2.17 bits per heavy atom. The van der Waals surface area contributed by atoms with Gasteiger partial charge in [0.05, 0.1) is 6.07 Å². The summed E-state index contributed by atoms with van der Waals surface area (Å²) in [5, 5.41) is 21.6. The zero-order valence-corrected chi connectivity index (χ0v) is 9.62. The van der Waals surface area contributed by atoms with Gasteiger partial charge in [-0.15, -0.1) is 0 Å². The van der Waals surface area contributed by atoms with Crippen LogP contribution in [0.5, 0.6) is 11.5 Å². The smallest absolute Gasteiger partial charge is 0.257 e. The molecule has 0 aliphatic heterocycles. The molecule has 88 valence electrons. The van der Waals surface area contributed by atoms with Crippen molar-refractivity contribution in [3.63, 3.8) is 0 Å². The van der Waals surface area contributed by atoms with Gasteiger partial charge in [-0.25, -0.2) is 0 Å². The van der Waals surface area contributed by atoms with Gasteiger partial charge in [-0.05, 0) is 0 Å². The topological polar surface area (TPSA) is 44.3 Å². The first kappa shape index (κ1) is 10.6. The Hall–Kier alpha value is -2.55. The Kier molecular flexibility index (Phi) is 2.38. The molecule has 3 aromatic rings. The standard InChI is InChI=1S/C15H11NO2/c17-14-10-13(16-8-4-1-5-9-16)15(18)12-7-3-2-6-11(12)14/h1-10H,(H-,17,18)/p+1. The van der Waals surface area contributed by atoms with Crippen molar-refractivity contribution >= 4 is 10.8 Å². The van der Waals surface area contributed by atoms with E-state index in [0.29, 0.717) is 16.5 Å². The van der Waals surface area contributed by atoms with Gasteiger partial charge in [-0.3, -0.25) is 0 Å². The normalized spacial score (nSPS) is 10.7. The van der Waals surface area contributed by atoms with Gasteiger partial charge in [-0.2, -0.15) is 4.57 Å². The average molecular weight is 238 g/mol. The summed E-state index contributed by atoms with van der Waals surface area (Å²) in [5.41, 5.74) is 0.562. The van der Waals surface area contributed by atoms with Crippen molar-refractivity contribution in [2.24, 2.45) is 0 Å². The van der Waals surface area contributed by atoms with E-state index in [2.05, 4.69) is 0 Å². The molecule has 0 amide bonds. The number of hydrogen-bond donors (Lipinski definition) is 2. The maximum Gasteiger partial charge on any atom is 0.257 e. The molecule has 0 unspecified atom stereocenters. The molecule has 0 spiro atoms. The monoisotopic (exact) mass is 238 g/mol. The van der Waals surface area contributed by atoms with Crippen LogP contribution in [-0.4, -0.2) is 10.2 Å². The van der Waals surface area contributed by atoms with Gasteiger partial charge in [0.15, 0.2) is 18.1 Å². The maximum absolute atomic E-state index is 10.3. The summed E-state index contributed by atoms with van der Waals surface area (Å²) < 4.78 is 1.77. The molecular formula is C15H12NO2+. The van der Waals surface area contributed by atoms with Crippen molar-refractivity contribution in [3.8, 4) is 17.2 Å². The van der Waals surface area contributed by atoms with Gasteiger partial charge in [0.2, 0.25) is 0 Å². The molecule has 0 aliphatic carbocycles. The third-order valence-electron chi connectivity index (χ3n) is 2.97. The number of aromatic nitrogens is 1. The second-order valence-corrected chi connectivity index (χ2v) is 4.09. The van der Waals surface area contributed by atoms with Crippen molar-refractivity contribution in [3.05, 3.63) is 60.9 Å². The zero-order valence-electron chi connectivity index (χ0n) is 9.62. The molecule has 0 fully saturated rings. The number of aromatic hydroxyl groups is 2. The summed E-state index contributed by atoms with van der Waals surface area (Å²) in [4.78, 5) is 0. The van der Waals surface area contributed by atoms with Crippen molar-refractivity contribution < 1.29 is 14.8 Å². The Morgan fingerprint density at radius 2 is 1.44 bits per heavy atom. The summed E-state index contributed by atoms with van der Waals surface area (Å²) in [5.74, 6) is 0.328. The van der Waals surface area contributed by atoms with E-state index in [9.17, 15) is 10.2 Å². The first-order chi connectivity index (χ1) is 8.77. The van der Waals surface area contributed by atoms with Crippen molar-refractivity contribution in [1.29, 1.82) is 0 Å². The third kappa shape index (κ3) is 1.57. The quantitative estimate of drug-likeness (QED) is 0.505. The van der Waals surface area contributed by atoms with E-state index < -0.39 is 0 Å². The minimum absolute atomic E-state index is 0.162. The van der Waals surface area contributed by atoms with Crippen molar-refractivity contribution in [2.45, 2.75) is 0 Å². The van der Waals surface area contributed by atoms with E-state index in [-0.39, 0.29) is 11.5 Å². The van der Waals surface area contributed by atoms with E-state index in [1.807, 2.05) is 42.7 Å². The third-order valence-corrected chi connectivity index (χ3v) is 2.97. The largest absolute Gasteiger partial charge is 0.507 e. The fourth-order valence-corrected chi connectivity index (χ4v) is 2.08. The van der Waals surface area contributed by atoms with E-state index in [1.165, 1.54) is 0 Å². The highest BCUT2D eigenvalue weighted by molar-refractivity contribution is 5.95. The van der Waals surface area contributed by atoms with Crippen LogP contribution in [-0.2, 0) is 0 Å². The lowest BCUT2D eigenvalue weighted by Gasteiger charge is -2.05. The molecule has 2 N–H and O–H groups in total. The Labute approximate surface area is 104 Å². The summed E-state index contributed by atoms with van der Waals surface area (Å²) in [7, 11) is 0. The molecule has 1 aromatic heterocycles. The molecule has 3 heteroatoms. The number of rotatable bonds is 1. The first-order valence-corrected chi connectivity index (χ1v) is 5.68. The molecule has 3 rings (SSSR count). The molecule has 1 heterocycles. The maximum atomic E-state index is 10.3. The lowest BCUT2D eigenvalue weighted by Crippen LogP contribution is -2.28. The highest BCUT2D eigenvalue weighted by Gasteiger charge is 2.17. The lowest BCUT2D eigenvalue weighted by molar-refractivity contribution is -0.596. The van der Waals surface area contributed by atoms with Gasteiger partial charge in [0.25, 0.3) is 5.69 Å². The van der Waals surface area contributed by atoms with E-state index in [4.69, 9.17) is 0 Å². The summed E-state index contributed by atoms with van der Waals surface area (Å²) in [6, 6.07) is 14.4. The fourth-order valence-electron chi connectivity index (χ4n) is 2.08. The molecule has 0 saturated carbocycles. The SMILES string of the molecule is Oc1cc(-[n+]2ccccc2)c(O)c2ccccc12. The molecule has 0 saturated heterocycles. The highest BCUT2D eigenvalue weighted by Crippen LogP contribution is 2.35. The number of nitrogens with zero attached hydrogens (tertiary/aromatic N) is 1. The van der Waals surface area contributed by atoms with Crippen LogP contribution in [0, 0.1) is 0 Å². The number of fused-ring (bicyclic) bond motifs is 1. The molecule has 0 atom stereocenters. The van der Waals surface area contributed by atoms with E-state index >= 15 is 0 Å². The van der Waals surface area contributed by atoms with E-state index in [1.54, 1.807) is 22.8 Å². The predicted octanol–water partition coefficient (Wildman–Crippen LogP) is 2.53. The molecular weight excluding hydrogens is 226 g/mol. The zero-order chi connectivity index (χ0) is 12.5. The summed E-state index contributed by atoms with van der Waals surface area (Å²) in [6.45, 7) is 0. The molecule has 3 nitrogen and oxygen atoms in total. The number of benzene rings is 2. The fraction of sp³-hybridized carbons (Fsp3) is 0. The van der Waals surface area contributed by atoms with Gasteiger partial charge in [-0.1, -0.05) is 30.3 Å². The Bertz CT molecular complexity index is 708. The summed E-state index contributed by atoms with van der Waals surface area (Å²) >= 11 is 0. The molecule has 18 heavy (non-hydrogen) atoms.